The largest absolute Gasteiger partial charge is 0.481 e. The number of hydrogen-bond acceptors (Lipinski definition) is 3. The monoisotopic (exact) mass is 174 g/mol. The highest BCUT2D eigenvalue weighted by Crippen LogP contribution is 2.26. The predicted octanol–water partition coefficient (Wildman–Crippen LogP) is -0.0170. The van der Waals surface area contributed by atoms with E-state index >= 15 is 0 Å². The molecular formula is C8H14O4. The molecule has 1 fully saturated rings. The molecule has 0 aromatic heterocycles. The third-order valence-electron chi connectivity index (χ3n) is 2.35. The normalized spacial score (nSPS) is 36.3. The van der Waals surface area contributed by atoms with Crippen LogP contribution < -0.4 is 0 Å². The van der Waals surface area contributed by atoms with Crippen LogP contribution in [0.15, 0.2) is 0 Å². The molecule has 4 nitrogen and oxygen atoms in total. The lowest BCUT2D eigenvalue weighted by Gasteiger charge is -2.28. The number of carbonyl (C=O) groups is 1. The summed E-state index contributed by atoms with van der Waals surface area (Å²) in [4.78, 5) is 10.3. The number of aliphatic hydroxyl groups is 2. The van der Waals surface area contributed by atoms with Crippen LogP contribution in [0, 0.1) is 5.92 Å². The summed E-state index contributed by atoms with van der Waals surface area (Å²) in [5, 5.41) is 26.8. The molecular weight excluding hydrogens is 160 g/mol. The maximum Gasteiger partial charge on any atom is 0.303 e. The van der Waals surface area contributed by atoms with Crippen molar-refractivity contribution in [1.29, 1.82) is 0 Å². The highest BCUT2D eigenvalue weighted by molar-refractivity contribution is 5.67. The topological polar surface area (TPSA) is 77.8 Å². The van der Waals surface area contributed by atoms with Crippen molar-refractivity contribution in [3.8, 4) is 0 Å². The Hall–Kier alpha value is -0.610. The van der Waals surface area contributed by atoms with Crippen LogP contribution in [0.25, 0.3) is 0 Å². The van der Waals surface area contributed by atoms with Gasteiger partial charge in [0.1, 0.15) is 0 Å². The third-order valence-corrected chi connectivity index (χ3v) is 2.35. The van der Waals surface area contributed by atoms with Gasteiger partial charge in [0.15, 0.2) is 0 Å². The summed E-state index contributed by atoms with van der Waals surface area (Å²) in [5.41, 5.74) is 0. The van der Waals surface area contributed by atoms with E-state index in [0.717, 1.165) is 0 Å². The van der Waals surface area contributed by atoms with Crippen molar-refractivity contribution < 1.29 is 20.1 Å². The molecule has 3 unspecified atom stereocenters. The van der Waals surface area contributed by atoms with E-state index in [1.54, 1.807) is 0 Å². The predicted molar refractivity (Wildman–Crippen MR) is 41.6 cm³/mol. The SMILES string of the molecule is O=C(O)CC1CCC(O)C(O)C1. The Morgan fingerprint density at radius 1 is 1.25 bits per heavy atom. The van der Waals surface area contributed by atoms with Crippen LogP contribution in [-0.4, -0.2) is 33.5 Å². The number of hydrogen-bond donors (Lipinski definition) is 3. The van der Waals surface area contributed by atoms with E-state index in [1.165, 1.54) is 0 Å². The molecule has 1 saturated carbocycles. The molecule has 1 aliphatic carbocycles. The van der Waals surface area contributed by atoms with Crippen LogP contribution in [-0.2, 0) is 4.79 Å². The van der Waals surface area contributed by atoms with Gasteiger partial charge in [-0.25, -0.2) is 0 Å². The number of carboxylic acids is 1. The van der Waals surface area contributed by atoms with Gasteiger partial charge in [0.25, 0.3) is 0 Å². The average molecular weight is 174 g/mol. The minimum Gasteiger partial charge on any atom is -0.481 e. The lowest BCUT2D eigenvalue weighted by Crippen LogP contribution is -2.34. The van der Waals surface area contributed by atoms with Crippen molar-refractivity contribution in [1.82, 2.24) is 0 Å². The van der Waals surface area contributed by atoms with Crippen LogP contribution in [0.1, 0.15) is 25.7 Å². The zero-order valence-corrected chi connectivity index (χ0v) is 6.81. The van der Waals surface area contributed by atoms with E-state index in [1.807, 2.05) is 0 Å². The molecule has 0 amide bonds. The molecule has 1 rings (SSSR count). The van der Waals surface area contributed by atoms with E-state index in [9.17, 15) is 9.90 Å². The summed E-state index contributed by atoms with van der Waals surface area (Å²) in [6, 6.07) is 0. The molecule has 0 aromatic rings. The molecule has 70 valence electrons. The third kappa shape index (κ3) is 2.46. The van der Waals surface area contributed by atoms with Crippen molar-refractivity contribution in [3.63, 3.8) is 0 Å². The smallest absolute Gasteiger partial charge is 0.303 e. The lowest BCUT2D eigenvalue weighted by atomic mass is 9.83. The van der Waals surface area contributed by atoms with Crippen molar-refractivity contribution >= 4 is 5.97 Å². The standard InChI is InChI=1S/C8H14O4/c9-6-2-1-5(3-7(6)10)4-8(11)12/h5-7,9-10H,1-4H2,(H,11,12). The highest BCUT2D eigenvalue weighted by atomic mass is 16.4. The first kappa shape index (κ1) is 9.48. The maximum atomic E-state index is 10.3. The molecule has 1 aliphatic rings. The fraction of sp³-hybridized carbons (Fsp3) is 0.875. The number of aliphatic hydroxyl groups excluding tert-OH is 2. The van der Waals surface area contributed by atoms with Gasteiger partial charge in [-0.2, -0.15) is 0 Å². The second kappa shape index (κ2) is 3.87. The van der Waals surface area contributed by atoms with Crippen LogP contribution in [0.4, 0.5) is 0 Å². The van der Waals surface area contributed by atoms with E-state index in [-0.39, 0.29) is 12.3 Å². The molecule has 12 heavy (non-hydrogen) atoms. The van der Waals surface area contributed by atoms with Crippen molar-refractivity contribution in [2.75, 3.05) is 0 Å². The van der Waals surface area contributed by atoms with Gasteiger partial charge in [0.2, 0.25) is 0 Å². The van der Waals surface area contributed by atoms with Crippen LogP contribution in [0.5, 0.6) is 0 Å². The van der Waals surface area contributed by atoms with Gasteiger partial charge in [-0.1, -0.05) is 0 Å². The van der Waals surface area contributed by atoms with Gasteiger partial charge in [-0.05, 0) is 25.2 Å². The quantitative estimate of drug-likeness (QED) is 0.550. The molecule has 3 N–H and O–H groups in total. The van der Waals surface area contributed by atoms with Gasteiger partial charge < -0.3 is 15.3 Å². The number of carboxylic acid groups (broad SMARTS) is 1. The minimum absolute atomic E-state index is 0.0286. The molecule has 0 bridgehead atoms. The zero-order chi connectivity index (χ0) is 9.14. The molecule has 0 spiro atoms. The summed E-state index contributed by atoms with van der Waals surface area (Å²) < 4.78 is 0. The first-order valence-electron chi connectivity index (χ1n) is 4.17. The first-order valence-corrected chi connectivity index (χ1v) is 4.17. The van der Waals surface area contributed by atoms with Crippen molar-refractivity contribution in [2.24, 2.45) is 5.92 Å². The summed E-state index contributed by atoms with van der Waals surface area (Å²) in [6.45, 7) is 0. The molecule has 0 aromatic carbocycles. The van der Waals surface area contributed by atoms with Crippen LogP contribution in [0.2, 0.25) is 0 Å². The summed E-state index contributed by atoms with van der Waals surface area (Å²) in [7, 11) is 0. The molecule has 0 heterocycles. The van der Waals surface area contributed by atoms with Crippen molar-refractivity contribution in [2.45, 2.75) is 37.9 Å². The highest BCUT2D eigenvalue weighted by Gasteiger charge is 2.28. The van der Waals surface area contributed by atoms with E-state index in [4.69, 9.17) is 10.2 Å². The summed E-state index contributed by atoms with van der Waals surface area (Å²) in [5.74, 6) is -0.801. The Bertz CT molecular complexity index is 168. The molecule has 0 aliphatic heterocycles. The Morgan fingerprint density at radius 2 is 1.92 bits per heavy atom. The van der Waals surface area contributed by atoms with Gasteiger partial charge >= 0.3 is 5.97 Å². The second-order valence-electron chi connectivity index (χ2n) is 3.41. The summed E-state index contributed by atoms with van der Waals surface area (Å²) >= 11 is 0. The fourth-order valence-corrected chi connectivity index (χ4v) is 1.65. The van der Waals surface area contributed by atoms with E-state index in [0.29, 0.717) is 19.3 Å². The minimum atomic E-state index is -0.830. The maximum absolute atomic E-state index is 10.3. The Labute approximate surface area is 70.8 Å². The number of rotatable bonds is 2. The fourth-order valence-electron chi connectivity index (χ4n) is 1.65. The molecule has 0 saturated heterocycles. The van der Waals surface area contributed by atoms with Crippen LogP contribution >= 0.6 is 0 Å². The molecule has 3 atom stereocenters. The molecule has 0 radical (unpaired) electrons. The summed E-state index contributed by atoms with van der Waals surface area (Å²) in [6.07, 6.45) is 0.332. The van der Waals surface area contributed by atoms with E-state index < -0.39 is 18.2 Å². The van der Waals surface area contributed by atoms with Gasteiger partial charge in [-0.3, -0.25) is 4.79 Å². The molecule has 4 heteroatoms. The van der Waals surface area contributed by atoms with E-state index in [2.05, 4.69) is 0 Å². The van der Waals surface area contributed by atoms with Crippen molar-refractivity contribution in [3.05, 3.63) is 0 Å². The zero-order valence-electron chi connectivity index (χ0n) is 6.81. The van der Waals surface area contributed by atoms with Gasteiger partial charge in [0.05, 0.1) is 12.2 Å². The Morgan fingerprint density at radius 3 is 2.42 bits per heavy atom. The first-order chi connectivity index (χ1) is 5.59. The van der Waals surface area contributed by atoms with Gasteiger partial charge in [-0.15, -0.1) is 0 Å². The second-order valence-corrected chi connectivity index (χ2v) is 3.41. The van der Waals surface area contributed by atoms with Crippen LogP contribution in [0.3, 0.4) is 0 Å². The lowest BCUT2D eigenvalue weighted by molar-refractivity contribution is -0.139. The number of aliphatic carboxylic acids is 1. The van der Waals surface area contributed by atoms with Gasteiger partial charge in [0, 0.05) is 6.42 Å². The Balaban J connectivity index is 2.35. The Kier molecular flexibility index (Phi) is 3.05. The average Bonchev–Trinajstić information content (AvgIpc) is 1.96.